The summed E-state index contributed by atoms with van der Waals surface area (Å²) in [6.45, 7) is 3.64. The summed E-state index contributed by atoms with van der Waals surface area (Å²) in [6, 6.07) is 0. The highest BCUT2D eigenvalue weighted by molar-refractivity contribution is 4.99. The van der Waals surface area contributed by atoms with Gasteiger partial charge < -0.3 is 5.11 Å². The lowest BCUT2D eigenvalue weighted by Gasteiger charge is -2.21. The summed E-state index contributed by atoms with van der Waals surface area (Å²) in [5, 5.41) is 9.40. The zero-order chi connectivity index (χ0) is 7.40. The van der Waals surface area contributed by atoms with Crippen LogP contribution >= 0.6 is 0 Å². The zero-order valence-electron chi connectivity index (χ0n) is 6.16. The Hall–Kier alpha value is -0.560. The molecular weight excluding hydrogens is 124 g/mol. The maximum Gasteiger partial charge on any atom is 0.0608 e. The second-order valence-electron chi connectivity index (χ2n) is 2.76. The Labute approximate surface area is 62.1 Å². The summed E-state index contributed by atoms with van der Waals surface area (Å²) in [6.07, 6.45) is 8.80. The molecule has 56 valence electrons. The lowest BCUT2D eigenvalue weighted by Crippen LogP contribution is -2.20. The molecule has 1 N–H and O–H groups in total. The molecule has 1 aliphatic rings. The molecule has 0 amide bonds. The van der Waals surface area contributed by atoms with Crippen LogP contribution in [0.25, 0.3) is 0 Å². The van der Waals surface area contributed by atoms with E-state index in [0.717, 1.165) is 19.3 Å². The summed E-state index contributed by atoms with van der Waals surface area (Å²) in [5.74, 6) is 0.325. The van der Waals surface area contributed by atoms with Crippen LogP contribution in [0.15, 0.2) is 24.8 Å². The first-order valence-corrected chi connectivity index (χ1v) is 3.80. The van der Waals surface area contributed by atoms with Gasteiger partial charge in [-0.05, 0) is 19.3 Å². The Kier molecular flexibility index (Phi) is 2.69. The third kappa shape index (κ3) is 1.71. The lowest BCUT2D eigenvalue weighted by molar-refractivity contribution is 0.117. The van der Waals surface area contributed by atoms with E-state index in [4.69, 9.17) is 0 Å². The fourth-order valence-corrected chi connectivity index (χ4v) is 1.31. The summed E-state index contributed by atoms with van der Waals surface area (Å²) < 4.78 is 0. The zero-order valence-corrected chi connectivity index (χ0v) is 6.16. The molecule has 0 aliphatic heterocycles. The van der Waals surface area contributed by atoms with E-state index in [1.807, 2.05) is 6.08 Å². The van der Waals surface area contributed by atoms with Crippen LogP contribution in [0.3, 0.4) is 0 Å². The Balaban J connectivity index is 2.46. The molecule has 0 radical (unpaired) electrons. The molecule has 0 fully saturated rings. The number of aliphatic hydroxyl groups is 1. The third-order valence-corrected chi connectivity index (χ3v) is 1.95. The van der Waals surface area contributed by atoms with Gasteiger partial charge in [-0.25, -0.2) is 0 Å². The largest absolute Gasteiger partial charge is 0.392 e. The molecule has 1 rings (SSSR count). The van der Waals surface area contributed by atoms with E-state index >= 15 is 0 Å². The summed E-state index contributed by atoms with van der Waals surface area (Å²) in [5.41, 5.74) is 0. The second-order valence-corrected chi connectivity index (χ2v) is 2.76. The molecule has 1 aliphatic carbocycles. The number of hydrogen-bond acceptors (Lipinski definition) is 1. The van der Waals surface area contributed by atoms with Crippen LogP contribution in [0.5, 0.6) is 0 Å². The summed E-state index contributed by atoms with van der Waals surface area (Å²) >= 11 is 0. The fourth-order valence-electron chi connectivity index (χ4n) is 1.31. The maximum atomic E-state index is 9.40. The van der Waals surface area contributed by atoms with Gasteiger partial charge in [-0.1, -0.05) is 18.2 Å². The van der Waals surface area contributed by atoms with Crippen molar-refractivity contribution in [3.8, 4) is 0 Å². The smallest absolute Gasteiger partial charge is 0.0608 e. The predicted molar refractivity (Wildman–Crippen MR) is 42.7 cm³/mol. The molecule has 0 aromatic carbocycles. The summed E-state index contributed by atoms with van der Waals surface area (Å²) in [4.78, 5) is 0. The van der Waals surface area contributed by atoms with Crippen molar-refractivity contribution < 1.29 is 5.11 Å². The molecule has 1 nitrogen and oxygen atoms in total. The third-order valence-electron chi connectivity index (χ3n) is 1.95. The minimum atomic E-state index is -0.136. The molecule has 0 saturated heterocycles. The van der Waals surface area contributed by atoms with Gasteiger partial charge in [0, 0.05) is 5.92 Å². The van der Waals surface area contributed by atoms with Crippen LogP contribution < -0.4 is 0 Å². The first-order valence-electron chi connectivity index (χ1n) is 3.80. The fraction of sp³-hybridized carbons (Fsp3) is 0.556. The standard InChI is InChI=1S/C9H14O/c1-2-5-8-6-3-4-7-9(8)10/h2-3,6,8-10H,1,4-5,7H2/t8-,9-/m1/s1. The first kappa shape index (κ1) is 7.55. The number of hydrogen-bond donors (Lipinski definition) is 1. The van der Waals surface area contributed by atoms with E-state index in [1.54, 1.807) is 0 Å². The minimum absolute atomic E-state index is 0.136. The van der Waals surface area contributed by atoms with Crippen molar-refractivity contribution in [1.29, 1.82) is 0 Å². The van der Waals surface area contributed by atoms with Crippen molar-refractivity contribution in [2.75, 3.05) is 0 Å². The van der Waals surface area contributed by atoms with Gasteiger partial charge in [-0.2, -0.15) is 0 Å². The molecule has 0 spiro atoms. The van der Waals surface area contributed by atoms with E-state index in [2.05, 4.69) is 18.7 Å². The van der Waals surface area contributed by atoms with E-state index in [0.29, 0.717) is 5.92 Å². The molecule has 0 heterocycles. The van der Waals surface area contributed by atoms with Gasteiger partial charge in [0.05, 0.1) is 6.10 Å². The highest BCUT2D eigenvalue weighted by Crippen LogP contribution is 2.20. The normalized spacial score (nSPS) is 32.1. The van der Waals surface area contributed by atoms with Crippen molar-refractivity contribution >= 4 is 0 Å². The molecule has 0 aromatic heterocycles. The molecule has 2 atom stereocenters. The van der Waals surface area contributed by atoms with Gasteiger partial charge in [0.2, 0.25) is 0 Å². The SMILES string of the molecule is C=CC[C@@H]1C=CCC[C@H]1O. The Morgan fingerprint density at radius 3 is 3.10 bits per heavy atom. The van der Waals surface area contributed by atoms with Gasteiger partial charge >= 0.3 is 0 Å². The van der Waals surface area contributed by atoms with Gasteiger partial charge in [-0.3, -0.25) is 0 Å². The van der Waals surface area contributed by atoms with Crippen LogP contribution in [-0.4, -0.2) is 11.2 Å². The Bertz CT molecular complexity index is 138. The van der Waals surface area contributed by atoms with Crippen molar-refractivity contribution in [3.05, 3.63) is 24.8 Å². The first-order chi connectivity index (χ1) is 4.84. The highest BCUT2D eigenvalue weighted by Gasteiger charge is 2.16. The number of allylic oxidation sites excluding steroid dienone is 2. The highest BCUT2D eigenvalue weighted by atomic mass is 16.3. The van der Waals surface area contributed by atoms with Gasteiger partial charge in [0.1, 0.15) is 0 Å². The summed E-state index contributed by atoms with van der Waals surface area (Å²) in [7, 11) is 0. The Morgan fingerprint density at radius 2 is 2.50 bits per heavy atom. The van der Waals surface area contributed by atoms with Crippen LogP contribution in [0.2, 0.25) is 0 Å². The lowest BCUT2D eigenvalue weighted by atomic mass is 9.90. The molecule has 10 heavy (non-hydrogen) atoms. The molecular formula is C9H14O. The Morgan fingerprint density at radius 1 is 1.70 bits per heavy atom. The number of rotatable bonds is 2. The average Bonchev–Trinajstić information content (AvgIpc) is 1.94. The maximum absolute atomic E-state index is 9.40. The van der Waals surface area contributed by atoms with Crippen LogP contribution in [-0.2, 0) is 0 Å². The van der Waals surface area contributed by atoms with Crippen molar-refractivity contribution in [2.45, 2.75) is 25.4 Å². The van der Waals surface area contributed by atoms with Gasteiger partial charge in [0.25, 0.3) is 0 Å². The molecule has 1 heteroatoms. The monoisotopic (exact) mass is 138 g/mol. The predicted octanol–water partition coefficient (Wildman–Crippen LogP) is 1.89. The van der Waals surface area contributed by atoms with E-state index in [1.165, 1.54) is 0 Å². The van der Waals surface area contributed by atoms with Crippen molar-refractivity contribution in [3.63, 3.8) is 0 Å². The van der Waals surface area contributed by atoms with E-state index in [9.17, 15) is 5.11 Å². The van der Waals surface area contributed by atoms with Crippen LogP contribution in [0, 0.1) is 5.92 Å². The molecule has 0 saturated carbocycles. The van der Waals surface area contributed by atoms with Crippen LogP contribution in [0.4, 0.5) is 0 Å². The number of aliphatic hydroxyl groups excluding tert-OH is 1. The topological polar surface area (TPSA) is 20.2 Å². The quantitative estimate of drug-likeness (QED) is 0.578. The molecule has 0 unspecified atom stereocenters. The molecule has 0 aromatic rings. The minimum Gasteiger partial charge on any atom is -0.392 e. The van der Waals surface area contributed by atoms with Crippen LogP contribution in [0.1, 0.15) is 19.3 Å². The average molecular weight is 138 g/mol. The van der Waals surface area contributed by atoms with Crippen molar-refractivity contribution in [1.82, 2.24) is 0 Å². The molecule has 0 bridgehead atoms. The second kappa shape index (κ2) is 3.57. The van der Waals surface area contributed by atoms with E-state index < -0.39 is 0 Å². The van der Waals surface area contributed by atoms with Crippen molar-refractivity contribution in [2.24, 2.45) is 5.92 Å². The van der Waals surface area contributed by atoms with Gasteiger partial charge in [0.15, 0.2) is 0 Å². The van der Waals surface area contributed by atoms with E-state index in [-0.39, 0.29) is 6.10 Å². The van der Waals surface area contributed by atoms with Gasteiger partial charge in [-0.15, -0.1) is 6.58 Å².